The van der Waals surface area contributed by atoms with Crippen molar-refractivity contribution in [1.82, 2.24) is 4.90 Å². The van der Waals surface area contributed by atoms with E-state index in [9.17, 15) is 0 Å². The van der Waals surface area contributed by atoms with Gasteiger partial charge >= 0.3 is 0 Å². The Balaban J connectivity index is 1.78. The molecular weight excluding hydrogens is 264 g/mol. The highest BCUT2D eigenvalue weighted by molar-refractivity contribution is 7.09. The first-order valence-electron chi connectivity index (χ1n) is 8.02. The van der Waals surface area contributed by atoms with Crippen LogP contribution in [0.4, 0.5) is 0 Å². The van der Waals surface area contributed by atoms with Crippen LogP contribution < -0.4 is 5.73 Å². The maximum atomic E-state index is 6.36. The van der Waals surface area contributed by atoms with Crippen LogP contribution in [0.2, 0.25) is 0 Å². The zero-order valence-electron chi connectivity index (χ0n) is 13.2. The summed E-state index contributed by atoms with van der Waals surface area (Å²) in [5.41, 5.74) is 6.36. The molecule has 0 bridgehead atoms. The molecule has 20 heavy (non-hydrogen) atoms. The fourth-order valence-corrected chi connectivity index (χ4v) is 4.08. The third kappa shape index (κ3) is 4.57. The van der Waals surface area contributed by atoms with Crippen molar-refractivity contribution in [3.8, 4) is 0 Å². The van der Waals surface area contributed by atoms with Gasteiger partial charge in [0.25, 0.3) is 0 Å². The maximum absolute atomic E-state index is 6.36. The summed E-state index contributed by atoms with van der Waals surface area (Å²) < 4.78 is 0. The lowest BCUT2D eigenvalue weighted by molar-refractivity contribution is 0.150. The quantitative estimate of drug-likeness (QED) is 0.868. The molecule has 0 spiro atoms. The minimum atomic E-state index is 0.411. The zero-order valence-corrected chi connectivity index (χ0v) is 14.0. The molecule has 1 fully saturated rings. The summed E-state index contributed by atoms with van der Waals surface area (Å²) >= 11 is 1.86. The summed E-state index contributed by atoms with van der Waals surface area (Å²) in [6.45, 7) is 7.03. The first kappa shape index (κ1) is 16.0. The van der Waals surface area contributed by atoms with Gasteiger partial charge in [-0.1, -0.05) is 19.9 Å². The summed E-state index contributed by atoms with van der Waals surface area (Å²) in [5.74, 6) is 2.37. The average molecular weight is 295 g/mol. The van der Waals surface area contributed by atoms with E-state index in [4.69, 9.17) is 5.73 Å². The number of hydrogen-bond donors (Lipinski definition) is 1. The van der Waals surface area contributed by atoms with Gasteiger partial charge in [0.05, 0.1) is 0 Å². The Kier molecular flexibility index (Phi) is 6.06. The minimum absolute atomic E-state index is 0.411. The third-order valence-electron chi connectivity index (χ3n) is 4.89. The van der Waals surface area contributed by atoms with E-state index >= 15 is 0 Å². The molecule has 2 rings (SSSR count). The van der Waals surface area contributed by atoms with E-state index in [2.05, 4.69) is 43.3 Å². The van der Waals surface area contributed by atoms with Gasteiger partial charge in [-0.05, 0) is 61.9 Å². The normalized spacial score (nSPS) is 27.4. The molecule has 1 aromatic heterocycles. The van der Waals surface area contributed by atoms with Crippen molar-refractivity contribution in [3.63, 3.8) is 0 Å². The van der Waals surface area contributed by atoms with E-state index in [1.807, 2.05) is 11.3 Å². The minimum Gasteiger partial charge on any atom is -0.327 e. The van der Waals surface area contributed by atoms with Crippen molar-refractivity contribution in [2.75, 3.05) is 20.1 Å². The van der Waals surface area contributed by atoms with Crippen molar-refractivity contribution in [3.05, 3.63) is 22.4 Å². The lowest BCUT2D eigenvalue weighted by Gasteiger charge is -2.38. The molecule has 0 aromatic carbocycles. The first-order valence-corrected chi connectivity index (χ1v) is 8.90. The van der Waals surface area contributed by atoms with E-state index in [0.29, 0.717) is 12.0 Å². The molecule has 3 heteroatoms. The smallest absolute Gasteiger partial charge is 0.00795 e. The Morgan fingerprint density at radius 1 is 1.40 bits per heavy atom. The van der Waals surface area contributed by atoms with E-state index in [1.54, 1.807) is 0 Å². The Bertz CT molecular complexity index is 374. The summed E-state index contributed by atoms with van der Waals surface area (Å²) in [4.78, 5) is 3.97. The number of nitrogens with two attached hydrogens (primary N) is 1. The molecule has 0 saturated heterocycles. The van der Waals surface area contributed by atoms with Crippen LogP contribution in [0, 0.1) is 17.8 Å². The second-order valence-electron chi connectivity index (χ2n) is 6.83. The van der Waals surface area contributed by atoms with Crippen molar-refractivity contribution < 1.29 is 0 Å². The lowest BCUT2D eigenvalue weighted by atomic mass is 9.74. The van der Waals surface area contributed by atoms with Gasteiger partial charge in [0, 0.05) is 24.0 Å². The van der Waals surface area contributed by atoms with Gasteiger partial charge in [-0.15, -0.1) is 11.3 Å². The van der Waals surface area contributed by atoms with E-state index in [1.165, 1.54) is 30.6 Å². The van der Waals surface area contributed by atoms with Gasteiger partial charge in [-0.25, -0.2) is 0 Å². The second-order valence-corrected chi connectivity index (χ2v) is 7.86. The molecule has 114 valence electrons. The Morgan fingerprint density at radius 2 is 2.20 bits per heavy atom. The maximum Gasteiger partial charge on any atom is 0.00795 e. The highest BCUT2D eigenvalue weighted by atomic mass is 32.1. The molecule has 0 amide bonds. The number of rotatable bonds is 6. The molecule has 2 nitrogen and oxygen atoms in total. The molecule has 1 aliphatic carbocycles. The van der Waals surface area contributed by atoms with Gasteiger partial charge in [0.2, 0.25) is 0 Å². The van der Waals surface area contributed by atoms with Crippen LogP contribution >= 0.6 is 11.3 Å². The molecule has 2 N–H and O–H groups in total. The monoisotopic (exact) mass is 294 g/mol. The fraction of sp³-hybridized carbons (Fsp3) is 0.765. The van der Waals surface area contributed by atoms with Gasteiger partial charge in [0.1, 0.15) is 0 Å². The molecule has 1 aromatic rings. The predicted molar refractivity (Wildman–Crippen MR) is 89.2 cm³/mol. The van der Waals surface area contributed by atoms with E-state index < -0.39 is 0 Å². The molecule has 1 aliphatic rings. The van der Waals surface area contributed by atoms with Gasteiger partial charge in [-0.2, -0.15) is 0 Å². The number of likely N-dealkylation sites (N-methyl/N-ethyl adjacent to an activating group) is 1. The third-order valence-corrected chi connectivity index (χ3v) is 5.83. The number of thiophene rings is 1. The largest absolute Gasteiger partial charge is 0.327 e. The van der Waals surface area contributed by atoms with Crippen LogP contribution in [0.25, 0.3) is 0 Å². The van der Waals surface area contributed by atoms with Crippen molar-refractivity contribution >= 4 is 11.3 Å². The topological polar surface area (TPSA) is 29.3 Å². The van der Waals surface area contributed by atoms with Crippen LogP contribution in [0.15, 0.2) is 17.5 Å². The molecule has 1 saturated carbocycles. The summed E-state index contributed by atoms with van der Waals surface area (Å²) in [6.07, 6.45) is 5.03. The molecule has 0 aliphatic heterocycles. The van der Waals surface area contributed by atoms with Gasteiger partial charge in [0.15, 0.2) is 0 Å². The number of nitrogens with zero attached hydrogens (tertiary/aromatic N) is 1. The van der Waals surface area contributed by atoms with Crippen LogP contribution in [0.3, 0.4) is 0 Å². The summed E-state index contributed by atoms with van der Waals surface area (Å²) in [6, 6.07) is 4.79. The average Bonchev–Trinajstić information content (AvgIpc) is 2.92. The van der Waals surface area contributed by atoms with Crippen LogP contribution in [-0.4, -0.2) is 31.1 Å². The van der Waals surface area contributed by atoms with E-state index in [0.717, 1.165) is 24.9 Å². The number of hydrogen-bond acceptors (Lipinski definition) is 3. The highest BCUT2D eigenvalue weighted by Gasteiger charge is 2.30. The predicted octanol–water partition coefficient (Wildman–Crippen LogP) is 3.62. The van der Waals surface area contributed by atoms with Gasteiger partial charge in [-0.3, -0.25) is 0 Å². The van der Waals surface area contributed by atoms with Crippen molar-refractivity contribution in [1.29, 1.82) is 0 Å². The summed E-state index contributed by atoms with van der Waals surface area (Å²) in [7, 11) is 2.25. The van der Waals surface area contributed by atoms with Crippen LogP contribution in [0.5, 0.6) is 0 Å². The van der Waals surface area contributed by atoms with Crippen molar-refractivity contribution in [2.24, 2.45) is 23.5 Å². The van der Waals surface area contributed by atoms with Gasteiger partial charge < -0.3 is 10.6 Å². The molecule has 1 heterocycles. The molecule has 3 unspecified atom stereocenters. The first-order chi connectivity index (χ1) is 9.56. The Hall–Kier alpha value is -0.380. The lowest BCUT2D eigenvalue weighted by Crippen LogP contribution is -2.43. The standard InChI is InChI=1S/C17H30N2S/c1-13(2)14-6-7-17(18)15(11-14)12-19(3)9-8-16-5-4-10-20-16/h4-5,10,13-15,17H,6-9,11-12,18H2,1-3H3. The Labute approximate surface area is 128 Å². The SMILES string of the molecule is CC(C)C1CCC(N)C(CN(C)CCc2cccs2)C1. The van der Waals surface area contributed by atoms with Crippen molar-refractivity contribution in [2.45, 2.75) is 45.6 Å². The second kappa shape index (κ2) is 7.58. The molecular formula is C17H30N2S. The highest BCUT2D eigenvalue weighted by Crippen LogP contribution is 2.33. The molecule has 0 radical (unpaired) electrons. The Morgan fingerprint density at radius 3 is 2.85 bits per heavy atom. The van der Waals surface area contributed by atoms with Crippen LogP contribution in [-0.2, 0) is 6.42 Å². The fourth-order valence-electron chi connectivity index (χ4n) is 3.39. The zero-order chi connectivity index (χ0) is 14.5. The summed E-state index contributed by atoms with van der Waals surface area (Å²) in [5, 5.41) is 2.17. The van der Waals surface area contributed by atoms with E-state index in [-0.39, 0.29) is 0 Å². The molecule has 3 atom stereocenters. The van der Waals surface area contributed by atoms with Crippen LogP contribution in [0.1, 0.15) is 38.0 Å².